The van der Waals surface area contributed by atoms with Gasteiger partial charge in [-0.25, -0.2) is 9.50 Å². The zero-order valence-corrected chi connectivity index (χ0v) is 23.8. The number of fused-ring (bicyclic) bond motifs is 2. The van der Waals surface area contributed by atoms with E-state index < -0.39 is 0 Å². The summed E-state index contributed by atoms with van der Waals surface area (Å²) in [5, 5.41) is 5.45. The first-order chi connectivity index (χ1) is 20.5. The van der Waals surface area contributed by atoms with Gasteiger partial charge >= 0.3 is 0 Å². The van der Waals surface area contributed by atoms with E-state index in [0.29, 0.717) is 40.8 Å². The van der Waals surface area contributed by atoms with Gasteiger partial charge in [-0.1, -0.05) is 29.8 Å². The highest BCUT2D eigenvalue weighted by Crippen LogP contribution is 2.33. The Morgan fingerprint density at radius 1 is 0.857 bits per heavy atom. The minimum absolute atomic E-state index is 0.0781. The van der Waals surface area contributed by atoms with Crippen LogP contribution in [0.4, 0.5) is 0 Å². The van der Waals surface area contributed by atoms with Crippen LogP contribution in [0.15, 0.2) is 78.9 Å². The van der Waals surface area contributed by atoms with Gasteiger partial charge in [-0.2, -0.15) is 5.10 Å². The van der Waals surface area contributed by atoms with Crippen molar-refractivity contribution in [2.75, 3.05) is 40.1 Å². The molecule has 2 aliphatic heterocycles. The molecular weight excluding hydrogens is 554 g/mol. The molecule has 42 heavy (non-hydrogen) atoms. The Balaban J connectivity index is 1.16. The molecule has 5 aromatic rings. The van der Waals surface area contributed by atoms with Gasteiger partial charge in [0.05, 0.1) is 18.5 Å². The lowest BCUT2D eigenvalue weighted by molar-refractivity contribution is 0.0620. The van der Waals surface area contributed by atoms with Gasteiger partial charge in [-0.15, -0.1) is 0 Å². The second kappa shape index (κ2) is 11.0. The van der Waals surface area contributed by atoms with Gasteiger partial charge in [0.25, 0.3) is 5.91 Å². The Kier molecular flexibility index (Phi) is 6.89. The zero-order valence-electron chi connectivity index (χ0n) is 23.0. The molecule has 0 bridgehead atoms. The van der Waals surface area contributed by atoms with Gasteiger partial charge in [-0.05, 0) is 60.2 Å². The fraction of sp³-hybridized carbons (Fsp3) is 0.219. The van der Waals surface area contributed by atoms with E-state index in [-0.39, 0.29) is 12.7 Å². The first kappa shape index (κ1) is 26.3. The highest BCUT2D eigenvalue weighted by Gasteiger charge is 2.26. The fourth-order valence-corrected chi connectivity index (χ4v) is 5.49. The summed E-state index contributed by atoms with van der Waals surface area (Å²) in [6.07, 6.45) is 0. The number of amides is 1. The molecule has 0 spiro atoms. The molecule has 4 heterocycles. The maximum atomic E-state index is 14.0. The van der Waals surface area contributed by atoms with E-state index in [1.54, 1.807) is 11.6 Å². The molecule has 1 saturated heterocycles. The molecule has 10 heteroatoms. The fourth-order valence-electron chi connectivity index (χ4n) is 5.37. The molecule has 9 nitrogen and oxygen atoms in total. The third kappa shape index (κ3) is 5.13. The van der Waals surface area contributed by atoms with E-state index in [0.717, 1.165) is 53.6 Å². The molecule has 0 unspecified atom stereocenters. The number of benzene rings is 3. The van der Waals surface area contributed by atoms with Gasteiger partial charge in [0.15, 0.2) is 17.1 Å². The highest BCUT2D eigenvalue weighted by molar-refractivity contribution is 6.30. The number of rotatable bonds is 6. The van der Waals surface area contributed by atoms with E-state index in [4.69, 9.17) is 35.9 Å². The standard InChI is InChI=1S/C32H28ClN5O4/c1-40-25-9-5-22(6-10-25)26-17-28(38-31(34-26)18-27(35-38)23-3-7-24(33)8-4-23)32(39)37-14-12-36(13-15-37)19-21-2-11-29-30(16-21)42-20-41-29/h2-11,16-18H,12-15,19-20H2,1H3. The van der Waals surface area contributed by atoms with E-state index in [9.17, 15) is 4.79 Å². The molecule has 2 aromatic heterocycles. The van der Waals surface area contributed by atoms with Crippen molar-refractivity contribution in [3.63, 3.8) is 0 Å². The number of piperazine rings is 1. The zero-order chi connectivity index (χ0) is 28.6. The lowest BCUT2D eigenvalue weighted by atomic mass is 10.1. The van der Waals surface area contributed by atoms with Crippen LogP contribution >= 0.6 is 11.6 Å². The van der Waals surface area contributed by atoms with Crippen molar-refractivity contribution < 1.29 is 19.0 Å². The smallest absolute Gasteiger partial charge is 0.272 e. The van der Waals surface area contributed by atoms with E-state index in [1.165, 1.54) is 0 Å². The number of nitrogens with zero attached hydrogens (tertiary/aromatic N) is 5. The number of methoxy groups -OCH3 is 1. The SMILES string of the molecule is COc1ccc(-c2cc(C(=O)N3CCN(Cc4ccc5c(c4)OCO5)CC3)n3nc(-c4ccc(Cl)cc4)cc3n2)cc1. The Hall–Kier alpha value is -4.60. The summed E-state index contributed by atoms with van der Waals surface area (Å²) >= 11 is 6.11. The van der Waals surface area contributed by atoms with Crippen molar-refractivity contribution in [3.8, 4) is 39.8 Å². The van der Waals surface area contributed by atoms with E-state index in [1.807, 2.05) is 77.7 Å². The van der Waals surface area contributed by atoms with Gasteiger partial charge < -0.3 is 19.1 Å². The van der Waals surface area contributed by atoms with Crippen LogP contribution in [0, 0.1) is 0 Å². The largest absolute Gasteiger partial charge is 0.497 e. The molecule has 1 fully saturated rings. The highest BCUT2D eigenvalue weighted by atomic mass is 35.5. The number of halogens is 1. The van der Waals surface area contributed by atoms with Crippen molar-refractivity contribution in [3.05, 3.63) is 95.1 Å². The number of hydrogen-bond acceptors (Lipinski definition) is 7. The third-order valence-electron chi connectivity index (χ3n) is 7.67. The average Bonchev–Trinajstić information content (AvgIpc) is 3.68. The number of hydrogen-bond donors (Lipinski definition) is 0. The lowest BCUT2D eigenvalue weighted by Crippen LogP contribution is -2.48. The molecule has 0 saturated carbocycles. The van der Waals surface area contributed by atoms with Gasteiger partial charge in [-0.3, -0.25) is 9.69 Å². The quantitative estimate of drug-likeness (QED) is 0.265. The Labute approximate surface area is 247 Å². The summed E-state index contributed by atoms with van der Waals surface area (Å²) in [4.78, 5) is 23.1. The monoisotopic (exact) mass is 581 g/mol. The van der Waals surface area contributed by atoms with Crippen molar-refractivity contribution >= 4 is 23.2 Å². The molecule has 0 radical (unpaired) electrons. The van der Waals surface area contributed by atoms with Crippen LogP contribution in [0.1, 0.15) is 16.1 Å². The van der Waals surface area contributed by atoms with Gasteiger partial charge in [0.1, 0.15) is 11.4 Å². The maximum absolute atomic E-state index is 14.0. The molecule has 0 atom stereocenters. The Morgan fingerprint density at radius 2 is 1.57 bits per heavy atom. The van der Waals surface area contributed by atoms with E-state index in [2.05, 4.69) is 11.0 Å². The van der Waals surface area contributed by atoms with Crippen LogP contribution in [0.2, 0.25) is 5.02 Å². The van der Waals surface area contributed by atoms with Crippen LogP contribution in [0.5, 0.6) is 17.2 Å². The maximum Gasteiger partial charge on any atom is 0.272 e. The van der Waals surface area contributed by atoms with Crippen molar-refractivity contribution in [1.82, 2.24) is 24.4 Å². The summed E-state index contributed by atoms with van der Waals surface area (Å²) in [6, 6.07) is 24.9. The summed E-state index contributed by atoms with van der Waals surface area (Å²) in [5.41, 5.74) is 5.41. The first-order valence-corrected chi connectivity index (χ1v) is 14.1. The summed E-state index contributed by atoms with van der Waals surface area (Å²) in [5.74, 6) is 2.24. The predicted octanol–water partition coefficient (Wildman–Crippen LogP) is 5.41. The van der Waals surface area contributed by atoms with Crippen molar-refractivity contribution in [1.29, 1.82) is 0 Å². The molecule has 3 aromatic carbocycles. The normalized spacial score (nSPS) is 14.9. The van der Waals surface area contributed by atoms with Crippen LogP contribution in [-0.4, -0.2) is 70.4 Å². The number of carbonyl (C=O) groups excluding carboxylic acids is 1. The Bertz CT molecular complexity index is 1760. The van der Waals surface area contributed by atoms with Crippen LogP contribution in [-0.2, 0) is 6.54 Å². The number of aromatic nitrogens is 3. The third-order valence-corrected chi connectivity index (χ3v) is 7.93. The van der Waals surface area contributed by atoms with Crippen LogP contribution in [0.3, 0.4) is 0 Å². The van der Waals surface area contributed by atoms with Gasteiger partial charge in [0, 0.05) is 54.9 Å². The molecule has 1 amide bonds. The predicted molar refractivity (Wildman–Crippen MR) is 159 cm³/mol. The first-order valence-electron chi connectivity index (χ1n) is 13.8. The molecule has 0 aliphatic carbocycles. The molecular formula is C32H28ClN5O4. The van der Waals surface area contributed by atoms with E-state index >= 15 is 0 Å². The molecule has 0 N–H and O–H groups in total. The van der Waals surface area contributed by atoms with Crippen molar-refractivity contribution in [2.24, 2.45) is 0 Å². The lowest BCUT2D eigenvalue weighted by Gasteiger charge is -2.34. The number of carbonyl (C=O) groups is 1. The average molecular weight is 582 g/mol. The van der Waals surface area contributed by atoms with Crippen molar-refractivity contribution in [2.45, 2.75) is 6.54 Å². The minimum Gasteiger partial charge on any atom is -0.497 e. The molecule has 7 rings (SSSR count). The number of ether oxygens (including phenoxy) is 3. The second-order valence-electron chi connectivity index (χ2n) is 10.3. The Morgan fingerprint density at radius 3 is 2.33 bits per heavy atom. The molecule has 2 aliphatic rings. The van der Waals surface area contributed by atoms with Crippen LogP contribution in [0.25, 0.3) is 28.2 Å². The molecule has 212 valence electrons. The topological polar surface area (TPSA) is 81.4 Å². The summed E-state index contributed by atoms with van der Waals surface area (Å²) in [7, 11) is 1.63. The summed E-state index contributed by atoms with van der Waals surface area (Å²) < 4.78 is 17.9. The van der Waals surface area contributed by atoms with Crippen LogP contribution < -0.4 is 14.2 Å². The minimum atomic E-state index is -0.0781. The summed E-state index contributed by atoms with van der Waals surface area (Å²) in [6.45, 7) is 3.78. The second-order valence-corrected chi connectivity index (χ2v) is 10.8. The van der Waals surface area contributed by atoms with Gasteiger partial charge in [0.2, 0.25) is 6.79 Å².